The maximum atomic E-state index is 12.1. The van der Waals surface area contributed by atoms with Crippen LogP contribution in [0.1, 0.15) is 23.5 Å². The molecule has 2 aromatic heterocycles. The number of amides is 1. The van der Waals surface area contributed by atoms with Gasteiger partial charge in [0.25, 0.3) is 5.91 Å². The lowest BCUT2D eigenvalue weighted by molar-refractivity contribution is 0.0925. The molecule has 2 N–H and O–H groups in total. The molecule has 106 valence electrons. The van der Waals surface area contributed by atoms with Crippen LogP contribution in [0.25, 0.3) is 11.2 Å². The summed E-state index contributed by atoms with van der Waals surface area (Å²) in [6.07, 6.45) is 2.51. The maximum absolute atomic E-state index is 12.1. The summed E-state index contributed by atoms with van der Waals surface area (Å²) in [7, 11) is -2.92. The predicted molar refractivity (Wildman–Crippen MR) is 73.0 cm³/mol. The highest BCUT2D eigenvalue weighted by molar-refractivity contribution is 7.91. The average Bonchev–Trinajstić information content (AvgIpc) is 2.85. The van der Waals surface area contributed by atoms with Gasteiger partial charge in [-0.15, -0.1) is 0 Å². The van der Waals surface area contributed by atoms with Crippen LogP contribution in [-0.4, -0.2) is 46.8 Å². The summed E-state index contributed by atoms with van der Waals surface area (Å²) in [4.78, 5) is 23.1. The quantitative estimate of drug-likeness (QED) is 0.827. The number of imidazole rings is 1. The zero-order valence-electron chi connectivity index (χ0n) is 10.7. The van der Waals surface area contributed by atoms with E-state index in [0.717, 1.165) is 0 Å². The van der Waals surface area contributed by atoms with E-state index in [1.165, 1.54) is 0 Å². The standard InChI is InChI=1S/C12H14N4O3S/c17-12(14-8-3-6-20(18,19)7-4-8)11-15-9-2-1-5-13-10(9)16-11/h1-2,5,8H,3-4,6-7H2,(H,14,17)(H,13,15,16). The molecule has 0 aromatic carbocycles. The predicted octanol–water partition coefficient (Wildman–Crippen LogP) is 0.265. The largest absolute Gasteiger partial charge is 0.347 e. The number of aromatic nitrogens is 3. The molecule has 1 amide bonds. The van der Waals surface area contributed by atoms with E-state index < -0.39 is 9.84 Å². The van der Waals surface area contributed by atoms with Gasteiger partial charge in [0.15, 0.2) is 11.5 Å². The third kappa shape index (κ3) is 2.64. The SMILES string of the molecule is O=C(NC1CCS(=O)(=O)CC1)c1nc2ncccc2[nH]1. The zero-order chi connectivity index (χ0) is 14.2. The molecule has 3 rings (SSSR count). The van der Waals surface area contributed by atoms with Crippen LogP contribution in [0.15, 0.2) is 18.3 Å². The summed E-state index contributed by atoms with van der Waals surface area (Å²) in [5.41, 5.74) is 1.19. The molecule has 20 heavy (non-hydrogen) atoms. The number of sulfone groups is 1. The van der Waals surface area contributed by atoms with Gasteiger partial charge >= 0.3 is 0 Å². The van der Waals surface area contributed by atoms with Crippen molar-refractivity contribution in [1.82, 2.24) is 20.3 Å². The fraction of sp³-hybridized carbons (Fsp3) is 0.417. The van der Waals surface area contributed by atoms with Crippen LogP contribution in [0.2, 0.25) is 0 Å². The minimum Gasteiger partial charge on any atom is -0.347 e. The van der Waals surface area contributed by atoms with Crippen molar-refractivity contribution in [3.05, 3.63) is 24.2 Å². The van der Waals surface area contributed by atoms with Gasteiger partial charge in [-0.2, -0.15) is 0 Å². The fourth-order valence-corrected chi connectivity index (χ4v) is 3.73. The molecule has 0 unspecified atom stereocenters. The Morgan fingerprint density at radius 1 is 1.35 bits per heavy atom. The highest BCUT2D eigenvalue weighted by Crippen LogP contribution is 2.13. The Hall–Kier alpha value is -1.96. The van der Waals surface area contributed by atoms with Gasteiger partial charge in [0.1, 0.15) is 9.84 Å². The Morgan fingerprint density at radius 2 is 2.10 bits per heavy atom. The van der Waals surface area contributed by atoms with Crippen LogP contribution in [0, 0.1) is 0 Å². The molecule has 0 spiro atoms. The van der Waals surface area contributed by atoms with E-state index in [2.05, 4.69) is 20.3 Å². The van der Waals surface area contributed by atoms with Gasteiger partial charge in [0, 0.05) is 12.2 Å². The molecule has 7 nitrogen and oxygen atoms in total. The van der Waals surface area contributed by atoms with Crippen LogP contribution in [0.3, 0.4) is 0 Å². The maximum Gasteiger partial charge on any atom is 0.287 e. The Morgan fingerprint density at radius 3 is 2.80 bits per heavy atom. The topological polar surface area (TPSA) is 105 Å². The van der Waals surface area contributed by atoms with Crippen LogP contribution < -0.4 is 5.32 Å². The van der Waals surface area contributed by atoms with Gasteiger partial charge in [-0.25, -0.2) is 18.4 Å². The first-order chi connectivity index (χ1) is 9.53. The fourth-order valence-electron chi connectivity index (χ4n) is 2.24. The summed E-state index contributed by atoms with van der Waals surface area (Å²) < 4.78 is 22.7. The van der Waals surface area contributed by atoms with E-state index in [1.807, 2.05) is 0 Å². The number of nitrogens with zero attached hydrogens (tertiary/aromatic N) is 2. The molecule has 1 fully saturated rings. The highest BCUT2D eigenvalue weighted by Gasteiger charge is 2.25. The monoisotopic (exact) mass is 294 g/mol. The molecule has 1 aliphatic heterocycles. The Labute approximate surface area is 115 Å². The Kier molecular flexibility index (Phi) is 3.17. The van der Waals surface area contributed by atoms with Crippen molar-refractivity contribution < 1.29 is 13.2 Å². The first kappa shape index (κ1) is 13.0. The molecule has 1 saturated heterocycles. The number of carbonyl (C=O) groups excluding carboxylic acids is 1. The van der Waals surface area contributed by atoms with Crippen LogP contribution in [-0.2, 0) is 9.84 Å². The van der Waals surface area contributed by atoms with Gasteiger partial charge in [-0.05, 0) is 25.0 Å². The molecule has 0 saturated carbocycles. The molecule has 0 aliphatic carbocycles. The molecule has 1 aliphatic rings. The number of H-pyrrole nitrogens is 1. The number of fused-ring (bicyclic) bond motifs is 1. The molecular formula is C12H14N4O3S. The lowest BCUT2D eigenvalue weighted by Crippen LogP contribution is -2.41. The number of aromatic amines is 1. The molecular weight excluding hydrogens is 280 g/mol. The zero-order valence-corrected chi connectivity index (χ0v) is 11.5. The average molecular weight is 294 g/mol. The number of rotatable bonds is 2. The second-order valence-electron chi connectivity index (χ2n) is 4.86. The van der Waals surface area contributed by atoms with Crippen molar-refractivity contribution in [1.29, 1.82) is 0 Å². The number of hydrogen-bond donors (Lipinski definition) is 2. The third-order valence-electron chi connectivity index (χ3n) is 3.36. The number of nitrogens with one attached hydrogen (secondary N) is 2. The van der Waals surface area contributed by atoms with E-state index in [4.69, 9.17) is 0 Å². The summed E-state index contributed by atoms with van der Waals surface area (Å²) >= 11 is 0. The van der Waals surface area contributed by atoms with Gasteiger partial charge in [-0.1, -0.05) is 0 Å². The number of carbonyl (C=O) groups is 1. The Bertz CT molecular complexity index is 706. The second kappa shape index (κ2) is 4.86. The Balaban J connectivity index is 1.70. The number of hydrogen-bond acceptors (Lipinski definition) is 5. The van der Waals surface area contributed by atoms with Gasteiger partial charge in [0.05, 0.1) is 17.0 Å². The minimum atomic E-state index is -2.92. The number of pyridine rings is 1. The summed E-state index contributed by atoms with van der Waals surface area (Å²) in [5.74, 6) is 0.124. The van der Waals surface area contributed by atoms with E-state index in [1.54, 1.807) is 18.3 Å². The van der Waals surface area contributed by atoms with Crippen LogP contribution in [0.4, 0.5) is 0 Å². The first-order valence-corrected chi connectivity index (χ1v) is 8.18. The molecule has 0 radical (unpaired) electrons. The smallest absolute Gasteiger partial charge is 0.287 e. The molecule has 2 aromatic rings. The van der Waals surface area contributed by atoms with E-state index in [0.29, 0.717) is 24.0 Å². The molecule has 0 atom stereocenters. The summed E-state index contributed by atoms with van der Waals surface area (Å²) in [6.45, 7) is 0. The van der Waals surface area contributed by atoms with Gasteiger partial charge in [0.2, 0.25) is 0 Å². The third-order valence-corrected chi connectivity index (χ3v) is 5.08. The van der Waals surface area contributed by atoms with E-state index >= 15 is 0 Å². The van der Waals surface area contributed by atoms with Crippen molar-refractivity contribution in [2.24, 2.45) is 0 Å². The van der Waals surface area contributed by atoms with Gasteiger partial charge < -0.3 is 10.3 Å². The lowest BCUT2D eigenvalue weighted by atomic mass is 10.1. The normalized spacial score (nSPS) is 19.0. The van der Waals surface area contributed by atoms with Crippen molar-refractivity contribution >= 4 is 26.9 Å². The second-order valence-corrected chi connectivity index (χ2v) is 7.16. The highest BCUT2D eigenvalue weighted by atomic mass is 32.2. The van der Waals surface area contributed by atoms with E-state index in [-0.39, 0.29) is 29.3 Å². The van der Waals surface area contributed by atoms with Crippen LogP contribution >= 0.6 is 0 Å². The summed E-state index contributed by atoms with van der Waals surface area (Å²) in [5, 5.41) is 2.81. The lowest BCUT2D eigenvalue weighted by Gasteiger charge is -2.22. The minimum absolute atomic E-state index is 0.118. The first-order valence-electron chi connectivity index (χ1n) is 6.35. The molecule has 0 bridgehead atoms. The summed E-state index contributed by atoms with van der Waals surface area (Å²) in [6, 6.07) is 3.43. The van der Waals surface area contributed by atoms with Crippen molar-refractivity contribution in [3.63, 3.8) is 0 Å². The van der Waals surface area contributed by atoms with Crippen molar-refractivity contribution in [2.45, 2.75) is 18.9 Å². The van der Waals surface area contributed by atoms with Crippen molar-refractivity contribution in [2.75, 3.05) is 11.5 Å². The molecule has 8 heteroatoms. The van der Waals surface area contributed by atoms with E-state index in [9.17, 15) is 13.2 Å². The molecule has 3 heterocycles. The van der Waals surface area contributed by atoms with Gasteiger partial charge in [-0.3, -0.25) is 4.79 Å². The van der Waals surface area contributed by atoms with Crippen LogP contribution in [0.5, 0.6) is 0 Å². The van der Waals surface area contributed by atoms with Crippen molar-refractivity contribution in [3.8, 4) is 0 Å².